The summed E-state index contributed by atoms with van der Waals surface area (Å²) in [6.45, 7) is 1.16. The molecule has 100 valence electrons. The van der Waals surface area contributed by atoms with Gasteiger partial charge in [0, 0.05) is 25.3 Å². The molecule has 18 heavy (non-hydrogen) atoms. The van der Waals surface area contributed by atoms with E-state index in [0.29, 0.717) is 12.0 Å². The van der Waals surface area contributed by atoms with Gasteiger partial charge < -0.3 is 14.6 Å². The van der Waals surface area contributed by atoms with Crippen LogP contribution in [0, 0.1) is 6.92 Å². The smallest absolute Gasteiger partial charge is 0.302 e. The van der Waals surface area contributed by atoms with Crippen molar-refractivity contribution in [3.05, 3.63) is 22.1 Å². The molecule has 0 aromatic carbocycles. The van der Waals surface area contributed by atoms with Gasteiger partial charge in [0.1, 0.15) is 12.8 Å². The van der Waals surface area contributed by atoms with Crippen LogP contribution in [0.25, 0.3) is 0 Å². The fourth-order valence-electron chi connectivity index (χ4n) is 2.12. The molecule has 1 saturated heterocycles. The molecule has 0 bridgehead atoms. The summed E-state index contributed by atoms with van der Waals surface area (Å²) in [5.41, 5.74) is 0.230. The number of hydrogen-bond acceptors (Lipinski definition) is 5. The van der Waals surface area contributed by atoms with Crippen molar-refractivity contribution in [3.8, 4) is 6.01 Å². The summed E-state index contributed by atoms with van der Waals surface area (Å²) in [5, 5.41) is 7.00. The lowest BCUT2D eigenvalue weighted by molar-refractivity contribution is -0.0129. The van der Waals surface area contributed by atoms with Crippen LogP contribution in [0.3, 0.4) is 0 Å². The van der Waals surface area contributed by atoms with Gasteiger partial charge in [0.2, 0.25) is 0 Å². The maximum absolute atomic E-state index is 12.5. The van der Waals surface area contributed by atoms with E-state index < -0.39 is 12.8 Å². The summed E-state index contributed by atoms with van der Waals surface area (Å²) in [6, 6.07) is 0.267. The Morgan fingerprint density at radius 1 is 1.61 bits per heavy atom. The van der Waals surface area contributed by atoms with Gasteiger partial charge in [-0.15, -0.1) is 0 Å². The van der Waals surface area contributed by atoms with Crippen molar-refractivity contribution < 1.29 is 19.0 Å². The van der Waals surface area contributed by atoms with Gasteiger partial charge in [0.25, 0.3) is 5.56 Å². The minimum absolute atomic E-state index is 0.227. The van der Waals surface area contributed by atoms with Gasteiger partial charge in [-0.1, -0.05) is 0 Å². The van der Waals surface area contributed by atoms with Crippen molar-refractivity contribution >= 4 is 0 Å². The quantitative estimate of drug-likeness (QED) is 0.777. The third-order valence-corrected chi connectivity index (χ3v) is 2.94. The van der Waals surface area contributed by atoms with Crippen LogP contribution in [0.5, 0.6) is 6.01 Å². The van der Waals surface area contributed by atoms with E-state index in [2.05, 4.69) is 4.98 Å². The molecule has 2 aliphatic heterocycles. The second-order valence-electron chi connectivity index (χ2n) is 4.11. The minimum Gasteiger partial charge on any atom is -0.456 e. The number of aryl methyl sites for hydroxylation is 1. The fourth-order valence-corrected chi connectivity index (χ4v) is 2.12. The van der Waals surface area contributed by atoms with Gasteiger partial charge in [-0.05, 0) is 6.92 Å². The fraction of sp³-hybridized carbons (Fsp3) is 0.636. The van der Waals surface area contributed by atoms with Gasteiger partial charge in [0.15, 0.2) is 6.23 Å². The Labute approximate surface area is 103 Å². The van der Waals surface area contributed by atoms with Crippen LogP contribution in [0.15, 0.2) is 11.0 Å². The lowest BCUT2D eigenvalue weighted by Crippen LogP contribution is -2.17. The highest BCUT2D eigenvalue weighted by Gasteiger charge is 2.44. The molecule has 1 fully saturated rings. The van der Waals surface area contributed by atoms with Crippen molar-refractivity contribution in [1.29, 1.82) is 0 Å². The highest BCUT2D eigenvalue weighted by atomic mass is 19.1. The number of aromatic nitrogens is 2. The molecule has 1 N–H and O–H groups in total. The Hall–Kier alpha value is -1.47. The number of rotatable bonds is 1. The van der Waals surface area contributed by atoms with Crippen molar-refractivity contribution in [2.45, 2.75) is 31.8 Å². The van der Waals surface area contributed by atoms with Gasteiger partial charge in [-0.2, -0.15) is 4.98 Å². The standard InChI is InChI=1S/C10H11FN2O3.CH4O/c1-5-4-13-9-7(2-6(3-11)15-9)16-10(13)12-8(5)14;1-2/h4,6-7,9H,2-3H2,1H3;2H,1H3. The highest BCUT2D eigenvalue weighted by molar-refractivity contribution is 5.14. The minimum atomic E-state index is -0.516. The Morgan fingerprint density at radius 2 is 2.33 bits per heavy atom. The summed E-state index contributed by atoms with van der Waals surface area (Å²) < 4.78 is 25.1. The van der Waals surface area contributed by atoms with E-state index in [1.54, 1.807) is 17.7 Å². The molecule has 7 heteroatoms. The second-order valence-corrected chi connectivity index (χ2v) is 4.11. The predicted octanol–water partition coefficient (Wildman–Crippen LogP) is 0.178. The average Bonchev–Trinajstić information content (AvgIpc) is 2.91. The molecule has 6 nitrogen and oxygen atoms in total. The van der Waals surface area contributed by atoms with E-state index in [9.17, 15) is 9.18 Å². The summed E-state index contributed by atoms with van der Waals surface area (Å²) >= 11 is 0. The molecule has 0 radical (unpaired) electrons. The largest absolute Gasteiger partial charge is 0.456 e. The number of nitrogens with zero attached hydrogens (tertiary/aromatic N) is 2. The molecule has 1 aromatic rings. The first-order valence-electron chi connectivity index (χ1n) is 5.61. The number of hydrogen-bond donors (Lipinski definition) is 1. The van der Waals surface area contributed by atoms with Crippen LogP contribution in [-0.2, 0) is 4.74 Å². The van der Waals surface area contributed by atoms with Crippen molar-refractivity contribution in [1.82, 2.24) is 9.55 Å². The van der Waals surface area contributed by atoms with E-state index in [4.69, 9.17) is 14.6 Å². The molecular formula is C11H15FN2O4. The second kappa shape index (κ2) is 5.03. The first kappa shape index (κ1) is 13.0. The zero-order valence-electron chi connectivity index (χ0n) is 10.2. The molecule has 3 atom stereocenters. The lowest BCUT2D eigenvalue weighted by Gasteiger charge is -2.11. The average molecular weight is 258 g/mol. The highest BCUT2D eigenvalue weighted by Crippen LogP contribution is 2.38. The van der Waals surface area contributed by atoms with E-state index >= 15 is 0 Å². The number of alkyl halides is 1. The molecule has 1 aromatic heterocycles. The number of halogens is 1. The normalized spacial score (nSPS) is 27.9. The molecule has 0 spiro atoms. The Bertz CT molecular complexity index is 490. The number of fused-ring (bicyclic) bond motifs is 3. The SMILES string of the molecule is CO.Cc1cn2c(nc1=O)OC1CC(CF)OC12. The van der Waals surface area contributed by atoms with Gasteiger partial charge >= 0.3 is 6.01 Å². The molecule has 3 heterocycles. The predicted molar refractivity (Wildman–Crippen MR) is 60.3 cm³/mol. The molecular weight excluding hydrogens is 243 g/mol. The zero-order chi connectivity index (χ0) is 13.3. The van der Waals surface area contributed by atoms with Gasteiger partial charge in [-0.3, -0.25) is 9.36 Å². The first-order valence-corrected chi connectivity index (χ1v) is 5.61. The third-order valence-electron chi connectivity index (χ3n) is 2.94. The van der Waals surface area contributed by atoms with Crippen molar-refractivity contribution in [3.63, 3.8) is 0 Å². The van der Waals surface area contributed by atoms with E-state index in [0.717, 1.165) is 7.11 Å². The van der Waals surface area contributed by atoms with Crippen molar-refractivity contribution in [2.24, 2.45) is 0 Å². The van der Waals surface area contributed by atoms with Gasteiger partial charge in [0.05, 0.1) is 6.10 Å². The van der Waals surface area contributed by atoms with E-state index in [1.807, 2.05) is 0 Å². The number of aliphatic hydroxyl groups is 1. The van der Waals surface area contributed by atoms with Gasteiger partial charge in [-0.25, -0.2) is 4.39 Å². The van der Waals surface area contributed by atoms with E-state index in [1.165, 1.54) is 0 Å². The molecule has 3 rings (SSSR count). The molecule has 0 saturated carbocycles. The maximum atomic E-state index is 12.5. The summed E-state index contributed by atoms with van der Waals surface area (Å²) in [5.74, 6) is 0. The number of ether oxygens (including phenoxy) is 2. The third kappa shape index (κ3) is 1.99. The maximum Gasteiger partial charge on any atom is 0.302 e. The summed E-state index contributed by atoms with van der Waals surface area (Å²) in [7, 11) is 1.00. The Balaban J connectivity index is 0.000000574. The van der Waals surface area contributed by atoms with Crippen molar-refractivity contribution in [2.75, 3.05) is 13.8 Å². The zero-order valence-corrected chi connectivity index (χ0v) is 10.2. The molecule has 2 aliphatic rings. The topological polar surface area (TPSA) is 73.6 Å². The van der Waals surface area contributed by atoms with Crippen LogP contribution < -0.4 is 10.3 Å². The monoisotopic (exact) mass is 258 g/mol. The Morgan fingerprint density at radius 3 is 3.00 bits per heavy atom. The van der Waals surface area contributed by atoms with Crippen LogP contribution in [0.2, 0.25) is 0 Å². The molecule has 3 unspecified atom stereocenters. The first-order chi connectivity index (χ1) is 8.69. The summed E-state index contributed by atoms with van der Waals surface area (Å²) in [4.78, 5) is 15.1. The Kier molecular flexibility index (Phi) is 3.63. The lowest BCUT2D eigenvalue weighted by atomic mass is 10.2. The molecule has 0 aliphatic carbocycles. The van der Waals surface area contributed by atoms with E-state index in [-0.39, 0.29) is 23.9 Å². The number of aliphatic hydroxyl groups excluding tert-OH is 1. The van der Waals surface area contributed by atoms with Crippen LogP contribution in [-0.4, -0.2) is 40.6 Å². The van der Waals surface area contributed by atoms with Crippen LogP contribution >= 0.6 is 0 Å². The summed E-state index contributed by atoms with van der Waals surface area (Å²) in [6.07, 6.45) is 1.16. The molecule has 0 amide bonds. The van der Waals surface area contributed by atoms with Crippen LogP contribution in [0.4, 0.5) is 4.39 Å². The van der Waals surface area contributed by atoms with Crippen LogP contribution in [0.1, 0.15) is 18.2 Å².